The van der Waals surface area contributed by atoms with Crippen molar-refractivity contribution < 1.29 is 0 Å². The minimum Gasteiger partial charge on any atom is -0.365 e. The normalized spacial score (nSPS) is 17.6. The van der Waals surface area contributed by atoms with Crippen molar-refractivity contribution in [1.29, 1.82) is 0 Å². The van der Waals surface area contributed by atoms with Crippen LogP contribution in [0.5, 0.6) is 0 Å². The zero-order valence-electron chi connectivity index (χ0n) is 19.8. The van der Waals surface area contributed by atoms with Gasteiger partial charge in [0.1, 0.15) is 5.69 Å². The van der Waals surface area contributed by atoms with E-state index in [9.17, 15) is 0 Å². The topological polar surface area (TPSA) is 48.7 Å². The van der Waals surface area contributed by atoms with Crippen LogP contribution in [0.2, 0.25) is 0 Å². The van der Waals surface area contributed by atoms with Crippen molar-refractivity contribution in [2.24, 2.45) is 0 Å². The number of rotatable bonds is 6. The molecule has 2 aromatic carbocycles. The second-order valence-electron chi connectivity index (χ2n) is 9.63. The van der Waals surface area contributed by atoms with Crippen molar-refractivity contribution >= 4 is 27.2 Å². The highest BCUT2D eigenvalue weighted by atomic mass is 32.1. The van der Waals surface area contributed by atoms with Crippen LogP contribution < -0.4 is 10.2 Å². The number of fused-ring (bicyclic) bond motifs is 1. The molecule has 1 aliphatic carbocycles. The molecule has 4 aromatic rings. The highest BCUT2D eigenvalue weighted by molar-refractivity contribution is 7.20. The van der Waals surface area contributed by atoms with Crippen molar-refractivity contribution in [1.82, 2.24) is 19.5 Å². The maximum Gasteiger partial charge on any atom is 0.216 e. The third-order valence-electron chi connectivity index (χ3n) is 7.11. The molecule has 2 aliphatic rings. The van der Waals surface area contributed by atoms with E-state index in [1.807, 2.05) is 0 Å². The summed E-state index contributed by atoms with van der Waals surface area (Å²) in [6.45, 7) is 7.25. The monoisotopic (exact) mass is 472 g/mol. The summed E-state index contributed by atoms with van der Waals surface area (Å²) < 4.78 is 2.06. The van der Waals surface area contributed by atoms with Gasteiger partial charge in [-0.3, -0.25) is 4.90 Å². The third-order valence-corrected chi connectivity index (χ3v) is 8.07. The lowest BCUT2D eigenvalue weighted by Crippen LogP contribution is -2.46. The van der Waals surface area contributed by atoms with Gasteiger partial charge in [-0.05, 0) is 25.3 Å². The maximum atomic E-state index is 5.07. The van der Waals surface area contributed by atoms with Crippen LogP contribution in [0, 0.1) is 6.92 Å². The molecule has 0 bridgehead atoms. The van der Waals surface area contributed by atoms with E-state index in [1.165, 1.54) is 36.8 Å². The van der Waals surface area contributed by atoms with E-state index in [-0.39, 0.29) is 0 Å². The maximum absolute atomic E-state index is 5.07. The minimum absolute atomic E-state index is 0.510. The zero-order valence-corrected chi connectivity index (χ0v) is 20.6. The van der Waals surface area contributed by atoms with Crippen LogP contribution in [-0.2, 0) is 6.54 Å². The van der Waals surface area contributed by atoms with Gasteiger partial charge >= 0.3 is 0 Å². The molecule has 176 valence electrons. The number of nitrogens with one attached hydrogen (secondary N) is 1. The lowest BCUT2D eigenvalue weighted by Gasteiger charge is -2.34. The van der Waals surface area contributed by atoms with Crippen molar-refractivity contribution in [2.45, 2.75) is 45.2 Å². The molecule has 0 amide bonds. The average molecular weight is 473 g/mol. The largest absolute Gasteiger partial charge is 0.365 e. The number of hydrogen-bond donors (Lipinski definition) is 1. The molecule has 6 nitrogen and oxygen atoms in total. The van der Waals surface area contributed by atoms with E-state index in [1.54, 1.807) is 11.3 Å². The predicted octanol–water partition coefficient (Wildman–Crippen LogP) is 5.44. The number of aryl methyl sites for hydroxylation is 1. The first-order valence-corrected chi connectivity index (χ1v) is 13.3. The van der Waals surface area contributed by atoms with Crippen molar-refractivity contribution in [3.8, 4) is 11.3 Å². The Kier molecular flexibility index (Phi) is 5.97. The standard InChI is InChI=1S/C27H32N6S/c1-20-11-13-22(14-12-20)24-25(28-23-9-5-6-10-23)33-26(29-24)34-27(30-33)32-17-15-31(16-18-32)19-21-7-3-2-4-8-21/h2-4,7-8,11-14,23,28H,5-6,9-10,15-19H2,1H3. The predicted molar refractivity (Wildman–Crippen MR) is 141 cm³/mol. The zero-order chi connectivity index (χ0) is 22.9. The van der Waals surface area contributed by atoms with Crippen LogP contribution in [0.3, 0.4) is 0 Å². The molecule has 1 saturated heterocycles. The first-order valence-electron chi connectivity index (χ1n) is 12.5. The fourth-order valence-corrected chi connectivity index (χ4v) is 6.06. The number of nitrogens with zero attached hydrogens (tertiary/aromatic N) is 5. The van der Waals surface area contributed by atoms with Crippen LogP contribution in [0.4, 0.5) is 10.9 Å². The van der Waals surface area contributed by atoms with Gasteiger partial charge in [0.2, 0.25) is 10.1 Å². The molecule has 34 heavy (non-hydrogen) atoms. The fraction of sp³-hybridized carbons (Fsp3) is 0.407. The third kappa shape index (κ3) is 4.42. The Morgan fingerprint density at radius 3 is 2.41 bits per heavy atom. The van der Waals surface area contributed by atoms with Gasteiger partial charge in [0, 0.05) is 44.3 Å². The van der Waals surface area contributed by atoms with Gasteiger partial charge in [0.15, 0.2) is 5.82 Å². The number of aromatic nitrogens is 3. The Morgan fingerprint density at radius 2 is 1.68 bits per heavy atom. The molecule has 0 unspecified atom stereocenters. The Balaban J connectivity index is 1.23. The average Bonchev–Trinajstić information content (AvgIpc) is 3.59. The highest BCUT2D eigenvalue weighted by Gasteiger charge is 2.25. The SMILES string of the molecule is Cc1ccc(-c2nc3sc(N4CCN(Cc5ccccc5)CC4)nn3c2NC2CCCC2)cc1. The smallest absolute Gasteiger partial charge is 0.216 e. The second-order valence-corrected chi connectivity index (χ2v) is 10.6. The Labute approximate surface area is 205 Å². The summed E-state index contributed by atoms with van der Waals surface area (Å²) in [5.41, 5.74) is 4.82. The molecular weight excluding hydrogens is 440 g/mol. The summed E-state index contributed by atoms with van der Waals surface area (Å²) in [7, 11) is 0. The van der Waals surface area contributed by atoms with Crippen LogP contribution >= 0.6 is 11.3 Å². The summed E-state index contributed by atoms with van der Waals surface area (Å²) >= 11 is 1.71. The van der Waals surface area contributed by atoms with Crippen LogP contribution in [-0.4, -0.2) is 51.7 Å². The fourth-order valence-electron chi connectivity index (χ4n) is 5.11. The van der Waals surface area contributed by atoms with Gasteiger partial charge in [-0.2, -0.15) is 4.52 Å². The first-order chi connectivity index (χ1) is 16.7. The van der Waals surface area contributed by atoms with Gasteiger partial charge in [0.05, 0.1) is 0 Å². The van der Waals surface area contributed by atoms with E-state index in [2.05, 4.69) is 81.2 Å². The lowest BCUT2D eigenvalue weighted by molar-refractivity contribution is 0.249. The molecule has 2 aromatic heterocycles. The molecule has 0 atom stereocenters. The Hall–Kier alpha value is -2.90. The first kappa shape index (κ1) is 21.6. The second kappa shape index (κ2) is 9.39. The molecule has 1 N–H and O–H groups in total. The Bertz CT molecular complexity index is 1230. The van der Waals surface area contributed by atoms with Gasteiger partial charge in [0.25, 0.3) is 0 Å². The lowest BCUT2D eigenvalue weighted by atomic mass is 10.1. The summed E-state index contributed by atoms with van der Waals surface area (Å²) in [5.74, 6) is 1.05. The van der Waals surface area contributed by atoms with Gasteiger partial charge < -0.3 is 10.2 Å². The number of anilines is 2. The molecule has 1 aliphatic heterocycles. The van der Waals surface area contributed by atoms with E-state index >= 15 is 0 Å². The quantitative estimate of drug-likeness (QED) is 0.405. The van der Waals surface area contributed by atoms with Crippen LogP contribution in [0.25, 0.3) is 16.2 Å². The van der Waals surface area contributed by atoms with Crippen molar-refractivity contribution in [3.63, 3.8) is 0 Å². The minimum atomic E-state index is 0.510. The van der Waals surface area contributed by atoms with Gasteiger partial charge in [-0.15, -0.1) is 5.10 Å². The number of benzene rings is 2. The Morgan fingerprint density at radius 1 is 0.941 bits per heavy atom. The summed E-state index contributed by atoms with van der Waals surface area (Å²) in [6, 6.07) is 19.9. The summed E-state index contributed by atoms with van der Waals surface area (Å²) in [6.07, 6.45) is 5.05. The molecule has 7 heteroatoms. The van der Waals surface area contributed by atoms with E-state index in [0.717, 1.165) is 59.9 Å². The molecular formula is C27H32N6S. The van der Waals surface area contributed by atoms with Crippen LogP contribution in [0.1, 0.15) is 36.8 Å². The highest BCUT2D eigenvalue weighted by Crippen LogP contribution is 2.35. The van der Waals surface area contributed by atoms with Crippen LogP contribution in [0.15, 0.2) is 54.6 Å². The van der Waals surface area contributed by atoms with Crippen molar-refractivity contribution in [2.75, 3.05) is 36.4 Å². The number of piperazine rings is 1. The van der Waals surface area contributed by atoms with Crippen molar-refractivity contribution in [3.05, 3.63) is 65.7 Å². The summed E-state index contributed by atoms with van der Waals surface area (Å²) in [4.78, 5) is 11.0. The number of hydrogen-bond acceptors (Lipinski definition) is 6. The van der Waals surface area contributed by atoms with Gasteiger partial charge in [-0.25, -0.2) is 4.98 Å². The number of imidazole rings is 1. The van der Waals surface area contributed by atoms with E-state index in [0.29, 0.717) is 6.04 Å². The van der Waals surface area contributed by atoms with Gasteiger partial charge in [-0.1, -0.05) is 84.3 Å². The molecule has 3 heterocycles. The van der Waals surface area contributed by atoms with E-state index in [4.69, 9.17) is 10.1 Å². The molecule has 0 spiro atoms. The van der Waals surface area contributed by atoms with E-state index < -0.39 is 0 Å². The molecule has 2 fully saturated rings. The molecule has 6 rings (SSSR count). The summed E-state index contributed by atoms with van der Waals surface area (Å²) in [5, 5.41) is 9.96. The molecule has 1 saturated carbocycles. The molecule has 0 radical (unpaired) electrons.